The summed E-state index contributed by atoms with van der Waals surface area (Å²) in [6.07, 6.45) is 0.550. The molecule has 1 saturated heterocycles. The van der Waals surface area contributed by atoms with Crippen LogP contribution in [0.2, 0.25) is 0 Å². The van der Waals surface area contributed by atoms with Crippen molar-refractivity contribution in [3.63, 3.8) is 0 Å². The van der Waals surface area contributed by atoms with Crippen LogP contribution >= 0.6 is 12.2 Å². The molecule has 1 heterocycles. The molecular weight excluding hydrogens is 337 g/mol. The van der Waals surface area contributed by atoms with Gasteiger partial charge in [-0.3, -0.25) is 0 Å². The minimum absolute atomic E-state index is 0.0967. The molecule has 1 aromatic rings. The molecule has 2 rings (SSSR count). The van der Waals surface area contributed by atoms with Crippen LogP contribution in [0.1, 0.15) is 6.42 Å². The van der Waals surface area contributed by atoms with Crippen LogP contribution in [0.3, 0.4) is 0 Å². The van der Waals surface area contributed by atoms with Gasteiger partial charge < -0.3 is 15.1 Å². The lowest BCUT2D eigenvalue weighted by atomic mass is 10.2. The van der Waals surface area contributed by atoms with Gasteiger partial charge in [-0.1, -0.05) is 12.1 Å². The van der Waals surface area contributed by atoms with Crippen LogP contribution in [0.25, 0.3) is 0 Å². The van der Waals surface area contributed by atoms with Gasteiger partial charge in [0.25, 0.3) is 0 Å². The zero-order chi connectivity index (χ0) is 17.0. The van der Waals surface area contributed by atoms with Crippen LogP contribution in [-0.4, -0.2) is 68.1 Å². The number of sulfone groups is 1. The fourth-order valence-electron chi connectivity index (χ4n) is 2.53. The van der Waals surface area contributed by atoms with Gasteiger partial charge in [-0.15, -0.1) is 0 Å². The predicted molar refractivity (Wildman–Crippen MR) is 94.9 cm³/mol. The van der Waals surface area contributed by atoms with Gasteiger partial charge in [-0.05, 0) is 44.9 Å². The summed E-state index contributed by atoms with van der Waals surface area (Å²) >= 11 is 5.42. The van der Waals surface area contributed by atoms with E-state index in [9.17, 15) is 12.8 Å². The number of hydrogen-bond donors (Lipinski definition) is 1. The van der Waals surface area contributed by atoms with Crippen LogP contribution in [0.15, 0.2) is 24.3 Å². The lowest BCUT2D eigenvalue weighted by molar-refractivity contribution is 0.289. The number of thiocarbonyl (C=S) groups is 1. The van der Waals surface area contributed by atoms with Crippen molar-refractivity contribution in [2.24, 2.45) is 0 Å². The van der Waals surface area contributed by atoms with Gasteiger partial charge in [0, 0.05) is 19.1 Å². The van der Waals surface area contributed by atoms with Crippen LogP contribution in [-0.2, 0) is 9.84 Å². The first-order chi connectivity index (χ1) is 10.8. The Labute approximate surface area is 142 Å². The van der Waals surface area contributed by atoms with Crippen LogP contribution in [0, 0.1) is 5.82 Å². The molecule has 1 aliphatic rings. The van der Waals surface area contributed by atoms with E-state index in [0.717, 1.165) is 6.54 Å². The van der Waals surface area contributed by atoms with Gasteiger partial charge in [0.1, 0.15) is 5.82 Å². The largest absolute Gasteiger partial charge is 0.344 e. The van der Waals surface area contributed by atoms with Crippen LogP contribution in [0.4, 0.5) is 10.1 Å². The van der Waals surface area contributed by atoms with E-state index in [4.69, 9.17) is 12.2 Å². The van der Waals surface area contributed by atoms with Crippen molar-refractivity contribution in [2.45, 2.75) is 12.5 Å². The Morgan fingerprint density at radius 3 is 2.61 bits per heavy atom. The maximum atomic E-state index is 13.8. The minimum atomic E-state index is -3.01. The fourth-order valence-corrected chi connectivity index (χ4v) is 4.61. The summed E-state index contributed by atoms with van der Waals surface area (Å²) in [5, 5.41) is 3.27. The first kappa shape index (κ1) is 18.1. The topological polar surface area (TPSA) is 52.6 Å². The second-order valence-electron chi connectivity index (χ2n) is 5.96. The first-order valence-corrected chi connectivity index (χ1v) is 9.69. The fraction of sp³-hybridized carbons (Fsp3) is 0.533. The van der Waals surface area contributed by atoms with Gasteiger partial charge >= 0.3 is 0 Å². The summed E-state index contributed by atoms with van der Waals surface area (Å²) in [5.74, 6) is -0.112. The van der Waals surface area contributed by atoms with E-state index in [1.54, 1.807) is 18.2 Å². The SMILES string of the molecule is CN(C)CCN(C(=S)Nc1ccccc1F)[C@H]1CCS(=O)(=O)C1. The second kappa shape index (κ2) is 7.55. The number of rotatable bonds is 5. The summed E-state index contributed by atoms with van der Waals surface area (Å²) in [6.45, 7) is 1.32. The van der Waals surface area contributed by atoms with Crippen molar-refractivity contribution >= 4 is 32.9 Å². The third-order valence-corrected chi connectivity index (χ3v) is 5.90. The quantitative estimate of drug-likeness (QED) is 0.806. The molecule has 0 aliphatic carbocycles. The van der Waals surface area contributed by atoms with Gasteiger partial charge in [0.05, 0.1) is 17.2 Å². The Bertz CT molecular complexity index is 664. The van der Waals surface area contributed by atoms with Gasteiger partial charge in [0.15, 0.2) is 14.9 Å². The number of para-hydroxylation sites is 1. The van der Waals surface area contributed by atoms with E-state index in [2.05, 4.69) is 5.32 Å². The van der Waals surface area contributed by atoms with Crippen molar-refractivity contribution in [1.82, 2.24) is 9.80 Å². The summed E-state index contributed by atoms with van der Waals surface area (Å²) in [5.41, 5.74) is 0.299. The Kier molecular flexibility index (Phi) is 5.94. The predicted octanol–water partition coefficient (Wildman–Crippen LogP) is 1.57. The first-order valence-electron chi connectivity index (χ1n) is 7.46. The molecule has 1 aliphatic heterocycles. The highest BCUT2D eigenvalue weighted by Crippen LogP contribution is 2.20. The molecule has 5 nitrogen and oxygen atoms in total. The zero-order valence-corrected chi connectivity index (χ0v) is 15.0. The van der Waals surface area contributed by atoms with Crippen LogP contribution < -0.4 is 5.32 Å². The third kappa shape index (κ3) is 5.12. The van der Waals surface area contributed by atoms with E-state index in [-0.39, 0.29) is 23.4 Å². The highest BCUT2D eigenvalue weighted by Gasteiger charge is 2.33. The summed E-state index contributed by atoms with van der Waals surface area (Å²) in [6, 6.07) is 6.13. The number of hydrogen-bond acceptors (Lipinski definition) is 4. The second-order valence-corrected chi connectivity index (χ2v) is 8.58. The van der Waals surface area contributed by atoms with Crippen molar-refractivity contribution in [1.29, 1.82) is 0 Å². The number of halogens is 1. The lowest BCUT2D eigenvalue weighted by Gasteiger charge is -2.32. The normalized spacial score (nSPS) is 19.7. The van der Waals surface area contributed by atoms with Gasteiger partial charge in [-0.25, -0.2) is 12.8 Å². The maximum Gasteiger partial charge on any atom is 0.173 e. The van der Waals surface area contributed by atoms with Crippen molar-refractivity contribution in [3.05, 3.63) is 30.1 Å². The van der Waals surface area contributed by atoms with E-state index in [0.29, 0.717) is 23.8 Å². The average Bonchev–Trinajstić information content (AvgIpc) is 2.81. The molecule has 128 valence electrons. The molecule has 0 bridgehead atoms. The molecule has 1 aromatic carbocycles. The Morgan fingerprint density at radius 2 is 2.04 bits per heavy atom. The molecule has 1 N–H and O–H groups in total. The van der Waals surface area contributed by atoms with Gasteiger partial charge in [-0.2, -0.15) is 0 Å². The highest BCUT2D eigenvalue weighted by atomic mass is 32.2. The van der Waals surface area contributed by atoms with E-state index < -0.39 is 9.84 Å². The van der Waals surface area contributed by atoms with E-state index >= 15 is 0 Å². The summed E-state index contributed by atoms with van der Waals surface area (Å²) in [7, 11) is 0.872. The summed E-state index contributed by atoms with van der Waals surface area (Å²) < 4.78 is 37.3. The minimum Gasteiger partial charge on any atom is -0.344 e. The molecule has 0 saturated carbocycles. The molecule has 0 amide bonds. The molecule has 23 heavy (non-hydrogen) atoms. The molecule has 0 aromatic heterocycles. The molecular formula is C15H22FN3O2S2. The van der Waals surface area contributed by atoms with Crippen molar-refractivity contribution in [3.8, 4) is 0 Å². The number of benzene rings is 1. The highest BCUT2D eigenvalue weighted by molar-refractivity contribution is 7.91. The van der Waals surface area contributed by atoms with E-state index in [1.807, 2.05) is 23.9 Å². The van der Waals surface area contributed by atoms with Crippen molar-refractivity contribution < 1.29 is 12.8 Å². The zero-order valence-electron chi connectivity index (χ0n) is 13.3. The number of likely N-dealkylation sites (N-methyl/N-ethyl adjacent to an activating group) is 1. The average molecular weight is 359 g/mol. The Morgan fingerprint density at radius 1 is 1.35 bits per heavy atom. The number of nitrogens with one attached hydrogen (secondary N) is 1. The number of anilines is 1. The smallest absolute Gasteiger partial charge is 0.173 e. The van der Waals surface area contributed by atoms with E-state index in [1.165, 1.54) is 6.07 Å². The standard InChI is InChI=1S/C15H22FN3O2S2/c1-18(2)8-9-19(12-7-10-23(20,21)11-12)15(22)17-14-6-4-3-5-13(14)16/h3-6,12H,7-11H2,1-2H3,(H,17,22)/t12-/m0/s1. The maximum absolute atomic E-state index is 13.8. The summed E-state index contributed by atoms with van der Waals surface area (Å²) in [4.78, 5) is 3.87. The molecule has 0 radical (unpaired) electrons. The van der Waals surface area contributed by atoms with Crippen molar-refractivity contribution in [2.75, 3.05) is 44.0 Å². The molecule has 0 unspecified atom stereocenters. The Balaban J connectivity index is 2.12. The lowest BCUT2D eigenvalue weighted by Crippen LogP contribution is -2.46. The van der Waals surface area contributed by atoms with Crippen LogP contribution in [0.5, 0.6) is 0 Å². The molecule has 0 spiro atoms. The molecule has 1 atom stereocenters. The monoisotopic (exact) mass is 359 g/mol. The molecule has 8 heteroatoms. The van der Waals surface area contributed by atoms with Gasteiger partial charge in [0.2, 0.25) is 0 Å². The number of nitrogens with zero attached hydrogens (tertiary/aromatic N) is 2. The third-order valence-electron chi connectivity index (χ3n) is 3.81. The molecule has 1 fully saturated rings. The Hall–Kier alpha value is -1.25.